The van der Waals surface area contributed by atoms with Gasteiger partial charge in [-0.2, -0.15) is 0 Å². The maximum absolute atomic E-state index is 9.85. The zero-order valence-corrected chi connectivity index (χ0v) is 11.9. The Labute approximate surface area is 107 Å². The molecule has 2 heteroatoms. The normalized spacial score (nSPS) is 25.6. The minimum Gasteiger partial charge on any atom is -0.389 e. The summed E-state index contributed by atoms with van der Waals surface area (Å²) in [5, 5.41) is 9.85. The van der Waals surface area contributed by atoms with E-state index in [1.54, 1.807) is 0 Å². The van der Waals surface area contributed by atoms with E-state index in [-0.39, 0.29) is 0 Å². The third-order valence-corrected chi connectivity index (χ3v) is 3.86. The molecule has 0 aromatic heterocycles. The molecule has 1 saturated heterocycles. The highest BCUT2D eigenvalue weighted by molar-refractivity contribution is 4.85. The van der Waals surface area contributed by atoms with Gasteiger partial charge in [0.05, 0.1) is 5.60 Å². The minimum absolute atomic E-state index is 0.417. The van der Waals surface area contributed by atoms with E-state index in [0.29, 0.717) is 0 Å². The second-order valence-electron chi connectivity index (χ2n) is 6.00. The molecule has 0 spiro atoms. The van der Waals surface area contributed by atoms with Gasteiger partial charge in [0.1, 0.15) is 0 Å². The molecule has 0 aliphatic carbocycles. The monoisotopic (exact) mass is 241 g/mol. The highest BCUT2D eigenvalue weighted by Gasteiger charge is 2.30. The summed E-state index contributed by atoms with van der Waals surface area (Å²) in [5.41, 5.74) is -0.417. The summed E-state index contributed by atoms with van der Waals surface area (Å²) in [6.07, 6.45) is 12.0. The van der Waals surface area contributed by atoms with Crippen LogP contribution in [0.2, 0.25) is 0 Å². The predicted octanol–water partition coefficient (Wildman–Crippen LogP) is 3.58. The van der Waals surface area contributed by atoms with Crippen molar-refractivity contribution < 1.29 is 5.11 Å². The van der Waals surface area contributed by atoms with Crippen LogP contribution in [0, 0.1) is 0 Å². The highest BCUT2D eigenvalue weighted by Crippen LogP contribution is 2.20. The molecule has 0 radical (unpaired) electrons. The van der Waals surface area contributed by atoms with Crippen molar-refractivity contribution in [3.05, 3.63) is 0 Å². The van der Waals surface area contributed by atoms with Gasteiger partial charge in [-0.1, -0.05) is 51.9 Å². The van der Waals surface area contributed by atoms with Crippen LogP contribution in [-0.4, -0.2) is 35.2 Å². The molecule has 0 bridgehead atoms. The Morgan fingerprint density at radius 2 is 1.59 bits per heavy atom. The largest absolute Gasteiger partial charge is 0.389 e. The molecule has 1 rings (SSSR count). The Hall–Kier alpha value is -0.0800. The van der Waals surface area contributed by atoms with Crippen LogP contribution in [-0.2, 0) is 0 Å². The average Bonchev–Trinajstić information content (AvgIpc) is 2.62. The van der Waals surface area contributed by atoms with E-state index in [1.165, 1.54) is 57.9 Å². The molecule has 1 aliphatic rings. The first kappa shape index (κ1) is 15.0. The Morgan fingerprint density at radius 1 is 1.00 bits per heavy atom. The molecule has 0 aromatic carbocycles. The molecule has 1 atom stereocenters. The summed E-state index contributed by atoms with van der Waals surface area (Å²) in [6.45, 7) is 7.38. The quantitative estimate of drug-likeness (QED) is 0.624. The molecule has 17 heavy (non-hydrogen) atoms. The first-order valence-electron chi connectivity index (χ1n) is 7.59. The van der Waals surface area contributed by atoms with Crippen LogP contribution in [0.5, 0.6) is 0 Å². The third-order valence-electron chi connectivity index (χ3n) is 3.86. The average molecular weight is 241 g/mol. The van der Waals surface area contributed by atoms with Gasteiger partial charge in [-0.05, 0) is 26.3 Å². The molecule has 102 valence electrons. The van der Waals surface area contributed by atoms with E-state index >= 15 is 0 Å². The fraction of sp³-hybridized carbons (Fsp3) is 1.00. The zero-order chi connectivity index (χ0) is 12.6. The van der Waals surface area contributed by atoms with Gasteiger partial charge in [0, 0.05) is 13.1 Å². The number of rotatable bonds is 9. The number of aliphatic hydroxyl groups is 1. The van der Waals surface area contributed by atoms with E-state index in [2.05, 4.69) is 11.8 Å². The first-order valence-corrected chi connectivity index (χ1v) is 7.59. The maximum atomic E-state index is 9.85. The van der Waals surface area contributed by atoms with Crippen LogP contribution < -0.4 is 0 Å². The van der Waals surface area contributed by atoms with E-state index in [9.17, 15) is 5.11 Å². The van der Waals surface area contributed by atoms with Gasteiger partial charge >= 0.3 is 0 Å². The van der Waals surface area contributed by atoms with Gasteiger partial charge in [-0.3, -0.25) is 0 Å². The lowest BCUT2D eigenvalue weighted by molar-refractivity contribution is 0.0686. The van der Waals surface area contributed by atoms with Gasteiger partial charge in [-0.15, -0.1) is 0 Å². The molecule has 1 fully saturated rings. The van der Waals surface area contributed by atoms with Crippen LogP contribution >= 0.6 is 0 Å². The molecule has 1 heterocycles. The number of hydrogen-bond donors (Lipinski definition) is 1. The molecule has 1 aliphatic heterocycles. The number of unbranched alkanes of at least 4 members (excludes halogenated alkanes) is 7. The van der Waals surface area contributed by atoms with Gasteiger partial charge in [-0.25, -0.2) is 0 Å². The summed E-state index contributed by atoms with van der Waals surface area (Å²) in [6, 6.07) is 0. The summed E-state index contributed by atoms with van der Waals surface area (Å²) in [7, 11) is 0. The predicted molar refractivity (Wildman–Crippen MR) is 74.3 cm³/mol. The van der Waals surface area contributed by atoms with E-state index in [1.807, 2.05) is 6.92 Å². The number of β-amino-alcohol motifs (C(OH)–C–C–N with tert-alkyl or cyclic N) is 1. The minimum atomic E-state index is -0.417. The lowest BCUT2D eigenvalue weighted by atomic mass is 10.1. The topological polar surface area (TPSA) is 23.5 Å². The van der Waals surface area contributed by atoms with Crippen LogP contribution in [0.15, 0.2) is 0 Å². The SMILES string of the molecule is CCCCCCCCCCN1CCC(C)(O)C1. The van der Waals surface area contributed by atoms with Gasteiger partial charge in [0.25, 0.3) is 0 Å². The third kappa shape index (κ3) is 7.05. The van der Waals surface area contributed by atoms with Crippen molar-refractivity contribution in [2.45, 2.75) is 77.2 Å². The summed E-state index contributed by atoms with van der Waals surface area (Å²) in [5.74, 6) is 0. The van der Waals surface area contributed by atoms with Gasteiger partial charge in [0.2, 0.25) is 0 Å². The zero-order valence-electron chi connectivity index (χ0n) is 11.9. The van der Waals surface area contributed by atoms with Crippen molar-refractivity contribution in [3.8, 4) is 0 Å². The first-order chi connectivity index (χ1) is 8.14. The smallest absolute Gasteiger partial charge is 0.0758 e. The van der Waals surface area contributed by atoms with Crippen molar-refractivity contribution in [2.75, 3.05) is 19.6 Å². The number of nitrogens with zero attached hydrogens (tertiary/aromatic N) is 1. The number of hydrogen-bond acceptors (Lipinski definition) is 2. The molecule has 2 nitrogen and oxygen atoms in total. The molecule has 0 aromatic rings. The van der Waals surface area contributed by atoms with Crippen LogP contribution in [0.3, 0.4) is 0 Å². The van der Waals surface area contributed by atoms with Gasteiger partial charge < -0.3 is 10.0 Å². The summed E-state index contributed by atoms with van der Waals surface area (Å²) in [4.78, 5) is 2.41. The fourth-order valence-corrected chi connectivity index (χ4v) is 2.70. The van der Waals surface area contributed by atoms with E-state index in [0.717, 1.165) is 19.5 Å². The summed E-state index contributed by atoms with van der Waals surface area (Å²) < 4.78 is 0. The Morgan fingerprint density at radius 3 is 2.12 bits per heavy atom. The van der Waals surface area contributed by atoms with Crippen molar-refractivity contribution in [1.29, 1.82) is 0 Å². The standard InChI is InChI=1S/C15H31NO/c1-3-4-5-6-7-8-9-10-12-16-13-11-15(2,17)14-16/h17H,3-14H2,1-2H3. The molecule has 1 unspecified atom stereocenters. The second kappa shape index (κ2) is 8.10. The maximum Gasteiger partial charge on any atom is 0.0758 e. The number of likely N-dealkylation sites (tertiary alicyclic amines) is 1. The van der Waals surface area contributed by atoms with Crippen LogP contribution in [0.4, 0.5) is 0 Å². The highest BCUT2D eigenvalue weighted by atomic mass is 16.3. The van der Waals surface area contributed by atoms with E-state index in [4.69, 9.17) is 0 Å². The lowest BCUT2D eigenvalue weighted by Crippen LogP contribution is -2.30. The van der Waals surface area contributed by atoms with Crippen molar-refractivity contribution in [2.24, 2.45) is 0 Å². The van der Waals surface area contributed by atoms with Crippen LogP contribution in [0.1, 0.15) is 71.6 Å². The van der Waals surface area contributed by atoms with Crippen LogP contribution in [0.25, 0.3) is 0 Å². The Bertz CT molecular complexity index is 191. The van der Waals surface area contributed by atoms with Gasteiger partial charge in [0.15, 0.2) is 0 Å². The molecule has 0 amide bonds. The van der Waals surface area contributed by atoms with Crippen molar-refractivity contribution in [1.82, 2.24) is 4.90 Å². The Balaban J connectivity index is 1.85. The second-order valence-corrected chi connectivity index (χ2v) is 6.00. The van der Waals surface area contributed by atoms with Crippen molar-refractivity contribution in [3.63, 3.8) is 0 Å². The fourth-order valence-electron chi connectivity index (χ4n) is 2.70. The molecular weight excluding hydrogens is 210 g/mol. The van der Waals surface area contributed by atoms with Crippen molar-refractivity contribution >= 4 is 0 Å². The molecule has 0 saturated carbocycles. The molecule has 1 N–H and O–H groups in total. The molecular formula is C15H31NO. The summed E-state index contributed by atoms with van der Waals surface area (Å²) >= 11 is 0. The Kier molecular flexibility index (Phi) is 7.14. The van der Waals surface area contributed by atoms with E-state index < -0.39 is 5.60 Å². The lowest BCUT2D eigenvalue weighted by Gasteiger charge is -2.18.